The predicted octanol–water partition coefficient (Wildman–Crippen LogP) is 6.10. The summed E-state index contributed by atoms with van der Waals surface area (Å²) >= 11 is 0. The maximum absolute atomic E-state index is 2.60. The molecule has 0 aliphatic rings. The maximum atomic E-state index is 2.60. The van der Waals surface area contributed by atoms with Crippen LogP contribution in [0.1, 0.15) is 66.7 Å². The summed E-state index contributed by atoms with van der Waals surface area (Å²) in [6.07, 6.45) is 6.91. The van der Waals surface area contributed by atoms with Gasteiger partial charge in [0.05, 0.1) is 8.07 Å². The molecule has 16 heavy (non-hydrogen) atoms. The van der Waals surface area contributed by atoms with Crippen molar-refractivity contribution in [2.45, 2.75) is 91.4 Å². The Bertz CT molecular complexity index is 178. The van der Waals surface area contributed by atoms with Gasteiger partial charge in [0.25, 0.3) is 0 Å². The van der Waals surface area contributed by atoms with Crippen LogP contribution in [0.5, 0.6) is 0 Å². The molecule has 0 fully saturated rings. The molecule has 0 saturated heterocycles. The van der Waals surface area contributed by atoms with Crippen molar-refractivity contribution in [2.24, 2.45) is 5.41 Å². The highest BCUT2D eigenvalue weighted by atomic mass is 28.3. The van der Waals surface area contributed by atoms with Gasteiger partial charge in [-0.05, 0) is 23.8 Å². The highest BCUT2D eigenvalue weighted by Gasteiger charge is 2.35. The molecule has 0 amide bonds. The minimum Gasteiger partial charge on any atom is -0.0691 e. The van der Waals surface area contributed by atoms with Gasteiger partial charge in [-0.3, -0.25) is 0 Å². The monoisotopic (exact) mass is 242 g/mol. The van der Waals surface area contributed by atoms with Crippen molar-refractivity contribution < 1.29 is 0 Å². The van der Waals surface area contributed by atoms with E-state index in [-0.39, 0.29) is 0 Å². The summed E-state index contributed by atoms with van der Waals surface area (Å²) < 4.78 is 0. The molecule has 0 aromatic heterocycles. The van der Waals surface area contributed by atoms with E-state index in [1.54, 1.807) is 0 Å². The van der Waals surface area contributed by atoms with E-state index in [0.717, 1.165) is 5.54 Å². The summed E-state index contributed by atoms with van der Waals surface area (Å²) in [5.74, 6) is 0. The molecule has 0 spiro atoms. The lowest BCUT2D eigenvalue weighted by Crippen LogP contribution is -2.37. The number of hydrogen-bond acceptors (Lipinski definition) is 0. The number of rotatable bonds is 8. The van der Waals surface area contributed by atoms with Crippen molar-refractivity contribution >= 4 is 8.07 Å². The van der Waals surface area contributed by atoms with Crippen LogP contribution in [0.2, 0.25) is 24.7 Å². The molecule has 98 valence electrons. The van der Waals surface area contributed by atoms with Crippen LogP contribution in [0.15, 0.2) is 0 Å². The summed E-state index contributed by atoms with van der Waals surface area (Å²) in [6.45, 7) is 17.3. The van der Waals surface area contributed by atoms with Gasteiger partial charge in [0.2, 0.25) is 0 Å². The van der Waals surface area contributed by atoms with Crippen molar-refractivity contribution in [1.29, 1.82) is 0 Å². The normalized spacial score (nSPS) is 15.2. The lowest BCUT2D eigenvalue weighted by atomic mass is 9.83. The lowest BCUT2D eigenvalue weighted by molar-refractivity contribution is 0.295. The summed E-state index contributed by atoms with van der Waals surface area (Å²) in [7, 11) is -1.02. The Kier molecular flexibility index (Phi) is 6.92. The molecule has 0 aliphatic heterocycles. The first-order valence-electron chi connectivity index (χ1n) is 7.31. The molecule has 1 heteroatoms. The van der Waals surface area contributed by atoms with Crippen LogP contribution in [0.4, 0.5) is 0 Å². The Morgan fingerprint density at radius 3 is 1.75 bits per heavy atom. The van der Waals surface area contributed by atoms with Crippen molar-refractivity contribution in [3.05, 3.63) is 0 Å². The molecule has 0 radical (unpaired) electrons. The Balaban J connectivity index is 4.60. The second-order valence-electron chi connectivity index (χ2n) is 6.79. The van der Waals surface area contributed by atoms with E-state index in [0.29, 0.717) is 5.41 Å². The van der Waals surface area contributed by atoms with Gasteiger partial charge in [-0.1, -0.05) is 73.0 Å². The Labute approximate surface area is 105 Å². The topological polar surface area (TPSA) is 0 Å². The first kappa shape index (κ1) is 16.2. The fourth-order valence-corrected chi connectivity index (χ4v) is 7.34. The molecule has 0 heterocycles. The van der Waals surface area contributed by atoms with Crippen molar-refractivity contribution in [3.63, 3.8) is 0 Å². The van der Waals surface area contributed by atoms with E-state index in [4.69, 9.17) is 0 Å². The molecule has 0 bridgehead atoms. The molecule has 0 nitrogen and oxygen atoms in total. The van der Waals surface area contributed by atoms with Gasteiger partial charge in [-0.15, -0.1) is 0 Å². The highest BCUT2D eigenvalue weighted by molar-refractivity contribution is 6.78. The molecule has 1 atom stereocenters. The zero-order chi connectivity index (χ0) is 12.8. The SMILES string of the molecule is CCCC(C)(CCC)C[Si](C)(C)C(C)CC. The van der Waals surface area contributed by atoms with E-state index in [2.05, 4.69) is 47.7 Å². The largest absolute Gasteiger partial charge is 0.0691 e. The Morgan fingerprint density at radius 2 is 1.44 bits per heavy atom. The quantitative estimate of drug-likeness (QED) is 0.451. The van der Waals surface area contributed by atoms with Gasteiger partial charge in [-0.2, -0.15) is 0 Å². The molecule has 0 aromatic rings. The van der Waals surface area contributed by atoms with Gasteiger partial charge in [-0.25, -0.2) is 0 Å². The van der Waals surface area contributed by atoms with E-state index >= 15 is 0 Å². The fourth-order valence-electron chi connectivity index (χ4n) is 3.34. The van der Waals surface area contributed by atoms with Crippen LogP contribution in [0.25, 0.3) is 0 Å². The van der Waals surface area contributed by atoms with Crippen molar-refractivity contribution in [3.8, 4) is 0 Å². The Hall–Kier alpha value is 0.217. The molecule has 1 unspecified atom stereocenters. The third kappa shape index (κ3) is 5.03. The second-order valence-corrected chi connectivity index (χ2v) is 12.1. The first-order chi connectivity index (χ1) is 7.31. The molecule has 0 saturated carbocycles. The first-order valence-corrected chi connectivity index (χ1v) is 10.6. The fraction of sp³-hybridized carbons (Fsp3) is 1.00. The highest BCUT2D eigenvalue weighted by Crippen LogP contribution is 2.42. The van der Waals surface area contributed by atoms with Gasteiger partial charge < -0.3 is 0 Å². The average molecular weight is 243 g/mol. The minimum absolute atomic E-state index is 0.628. The maximum Gasteiger partial charge on any atom is 0.0507 e. The molecule has 0 rings (SSSR count). The molecular weight excluding hydrogens is 208 g/mol. The van der Waals surface area contributed by atoms with E-state index in [9.17, 15) is 0 Å². The van der Waals surface area contributed by atoms with Crippen LogP contribution in [-0.4, -0.2) is 8.07 Å². The second kappa shape index (κ2) is 6.83. The molecule has 0 aromatic carbocycles. The third-order valence-electron chi connectivity index (χ3n) is 4.54. The Morgan fingerprint density at radius 1 is 1.00 bits per heavy atom. The van der Waals surface area contributed by atoms with E-state index < -0.39 is 8.07 Å². The third-order valence-corrected chi connectivity index (χ3v) is 9.38. The van der Waals surface area contributed by atoms with E-state index in [1.165, 1.54) is 38.1 Å². The average Bonchev–Trinajstić information content (AvgIpc) is 2.15. The molecular formula is C15H34Si. The van der Waals surface area contributed by atoms with Crippen LogP contribution in [0.3, 0.4) is 0 Å². The predicted molar refractivity (Wildman–Crippen MR) is 79.9 cm³/mol. The number of hydrogen-bond donors (Lipinski definition) is 0. The summed E-state index contributed by atoms with van der Waals surface area (Å²) in [6, 6.07) is 1.52. The van der Waals surface area contributed by atoms with Crippen LogP contribution in [0, 0.1) is 5.41 Å². The van der Waals surface area contributed by atoms with Gasteiger partial charge in [0.1, 0.15) is 0 Å². The lowest BCUT2D eigenvalue weighted by Gasteiger charge is -2.39. The minimum atomic E-state index is -1.02. The molecule has 0 N–H and O–H groups in total. The van der Waals surface area contributed by atoms with Gasteiger partial charge in [0.15, 0.2) is 0 Å². The summed E-state index contributed by atoms with van der Waals surface area (Å²) in [5.41, 5.74) is 1.60. The van der Waals surface area contributed by atoms with Crippen LogP contribution < -0.4 is 0 Å². The van der Waals surface area contributed by atoms with Crippen molar-refractivity contribution in [2.75, 3.05) is 0 Å². The smallest absolute Gasteiger partial charge is 0.0507 e. The van der Waals surface area contributed by atoms with Crippen molar-refractivity contribution in [1.82, 2.24) is 0 Å². The van der Waals surface area contributed by atoms with E-state index in [1.807, 2.05) is 0 Å². The van der Waals surface area contributed by atoms with Crippen LogP contribution >= 0.6 is 0 Å². The molecule has 0 aliphatic carbocycles. The standard InChI is InChI=1S/C15H34Si/c1-8-11-15(5,12-9-2)13-16(6,7)14(4)10-3/h14H,8-13H2,1-7H3. The summed E-state index contributed by atoms with van der Waals surface area (Å²) in [5, 5.41) is 0. The van der Waals surface area contributed by atoms with Gasteiger partial charge >= 0.3 is 0 Å². The zero-order valence-electron chi connectivity index (χ0n) is 12.8. The zero-order valence-corrected chi connectivity index (χ0v) is 13.8. The van der Waals surface area contributed by atoms with Crippen LogP contribution in [-0.2, 0) is 0 Å². The summed E-state index contributed by atoms with van der Waals surface area (Å²) in [4.78, 5) is 0. The van der Waals surface area contributed by atoms with Gasteiger partial charge in [0, 0.05) is 0 Å².